The fraction of sp³-hybridized carbons (Fsp3) is 0.462. The van der Waals surface area contributed by atoms with Crippen molar-refractivity contribution in [3.05, 3.63) is 34.1 Å². The van der Waals surface area contributed by atoms with Crippen LogP contribution in [0.1, 0.15) is 31.4 Å². The van der Waals surface area contributed by atoms with Crippen LogP contribution in [0.2, 0.25) is 0 Å². The molecule has 0 amide bonds. The van der Waals surface area contributed by atoms with Crippen LogP contribution in [0.15, 0.2) is 22.7 Å². The number of hydrogen-bond donors (Lipinski definition) is 1. The van der Waals surface area contributed by atoms with E-state index in [1.165, 1.54) is 6.07 Å². The summed E-state index contributed by atoms with van der Waals surface area (Å²) >= 11 is 3.16. The van der Waals surface area contributed by atoms with Crippen LogP contribution in [0.3, 0.4) is 0 Å². The van der Waals surface area contributed by atoms with E-state index in [4.69, 9.17) is 5.11 Å². The Morgan fingerprint density at radius 2 is 2.22 bits per heavy atom. The van der Waals surface area contributed by atoms with E-state index in [1.54, 1.807) is 12.1 Å². The maximum absolute atomic E-state index is 13.1. The number of nitrogens with zero attached hydrogens (tertiary/aromatic N) is 1. The molecule has 0 saturated carbocycles. The molecular formula is C13H17BrFNO2. The molecule has 1 atom stereocenters. The first-order valence-corrected chi connectivity index (χ1v) is 6.58. The number of hydrogen-bond acceptors (Lipinski definition) is 2. The summed E-state index contributed by atoms with van der Waals surface area (Å²) < 4.78 is 13.6. The van der Waals surface area contributed by atoms with Crippen LogP contribution in [0.4, 0.5) is 4.39 Å². The van der Waals surface area contributed by atoms with E-state index in [0.29, 0.717) is 17.4 Å². The van der Waals surface area contributed by atoms with Crippen molar-refractivity contribution in [3.8, 4) is 0 Å². The topological polar surface area (TPSA) is 40.5 Å². The van der Waals surface area contributed by atoms with E-state index in [9.17, 15) is 9.18 Å². The summed E-state index contributed by atoms with van der Waals surface area (Å²) in [5.41, 5.74) is 1.00. The highest BCUT2D eigenvalue weighted by Crippen LogP contribution is 2.24. The second-order valence-corrected chi connectivity index (χ2v) is 5.18. The summed E-state index contributed by atoms with van der Waals surface area (Å²) in [6.45, 7) is 2.71. The van der Waals surface area contributed by atoms with E-state index in [0.717, 1.165) is 5.56 Å². The summed E-state index contributed by atoms with van der Waals surface area (Å²) in [7, 11) is 1.93. The van der Waals surface area contributed by atoms with Crippen LogP contribution < -0.4 is 0 Å². The van der Waals surface area contributed by atoms with Gasteiger partial charge in [-0.1, -0.05) is 6.07 Å². The van der Waals surface area contributed by atoms with Crippen LogP contribution in [0, 0.1) is 5.82 Å². The van der Waals surface area contributed by atoms with Gasteiger partial charge in [0.05, 0.1) is 4.47 Å². The first-order chi connectivity index (χ1) is 8.41. The Balaban J connectivity index is 2.59. The fourth-order valence-corrected chi connectivity index (χ4v) is 2.10. The maximum Gasteiger partial charge on any atom is 0.303 e. The molecule has 1 N–H and O–H groups in total. The summed E-state index contributed by atoms with van der Waals surface area (Å²) in [4.78, 5) is 12.5. The Labute approximate surface area is 115 Å². The maximum atomic E-state index is 13.1. The van der Waals surface area contributed by atoms with Gasteiger partial charge in [0, 0.05) is 12.5 Å². The fourth-order valence-electron chi connectivity index (χ4n) is 1.70. The Bertz CT molecular complexity index is 425. The van der Waals surface area contributed by atoms with Gasteiger partial charge in [0.2, 0.25) is 0 Å². The molecule has 0 fully saturated rings. The number of rotatable bonds is 6. The van der Waals surface area contributed by atoms with E-state index < -0.39 is 5.97 Å². The van der Waals surface area contributed by atoms with E-state index in [-0.39, 0.29) is 18.3 Å². The molecule has 1 aromatic rings. The van der Waals surface area contributed by atoms with Gasteiger partial charge in [-0.3, -0.25) is 9.69 Å². The Morgan fingerprint density at radius 3 is 2.78 bits per heavy atom. The Morgan fingerprint density at radius 1 is 1.56 bits per heavy atom. The average molecular weight is 318 g/mol. The van der Waals surface area contributed by atoms with Gasteiger partial charge in [0.25, 0.3) is 0 Å². The minimum absolute atomic E-state index is 0.121. The van der Waals surface area contributed by atoms with Gasteiger partial charge in [-0.15, -0.1) is 0 Å². The lowest BCUT2D eigenvalue weighted by Crippen LogP contribution is -2.24. The van der Waals surface area contributed by atoms with Crippen molar-refractivity contribution < 1.29 is 14.3 Å². The molecule has 0 radical (unpaired) electrons. The van der Waals surface area contributed by atoms with Crippen molar-refractivity contribution in [2.24, 2.45) is 0 Å². The summed E-state index contributed by atoms with van der Waals surface area (Å²) in [6.07, 6.45) is 0.780. The third-order valence-corrected chi connectivity index (χ3v) is 3.60. The standard InChI is InChI=1S/C13H17BrFNO2/c1-9(16(2)7-3-4-13(17)18)10-5-6-12(15)11(14)8-10/h5-6,8-9H,3-4,7H2,1-2H3,(H,17,18). The number of benzene rings is 1. The molecule has 1 rings (SSSR count). The van der Waals surface area contributed by atoms with E-state index >= 15 is 0 Å². The molecule has 100 valence electrons. The van der Waals surface area contributed by atoms with Crippen molar-refractivity contribution in [3.63, 3.8) is 0 Å². The van der Waals surface area contributed by atoms with Gasteiger partial charge in [0.1, 0.15) is 5.82 Å². The van der Waals surface area contributed by atoms with Crippen LogP contribution in [0.25, 0.3) is 0 Å². The highest BCUT2D eigenvalue weighted by atomic mass is 79.9. The smallest absolute Gasteiger partial charge is 0.303 e. The van der Waals surface area contributed by atoms with Crippen molar-refractivity contribution in [2.45, 2.75) is 25.8 Å². The lowest BCUT2D eigenvalue weighted by atomic mass is 10.1. The van der Waals surface area contributed by atoms with Gasteiger partial charge < -0.3 is 5.11 Å². The van der Waals surface area contributed by atoms with Gasteiger partial charge in [0.15, 0.2) is 0 Å². The first-order valence-electron chi connectivity index (χ1n) is 5.78. The number of carboxylic acid groups (broad SMARTS) is 1. The summed E-state index contributed by atoms with van der Waals surface area (Å²) in [5.74, 6) is -1.06. The molecule has 0 aliphatic carbocycles. The molecule has 0 spiro atoms. The van der Waals surface area contributed by atoms with Gasteiger partial charge >= 0.3 is 5.97 Å². The van der Waals surface area contributed by atoms with Crippen LogP contribution in [0.5, 0.6) is 0 Å². The zero-order valence-corrected chi connectivity index (χ0v) is 12.1. The second kappa shape index (κ2) is 6.85. The molecule has 0 aliphatic heterocycles. The monoisotopic (exact) mass is 317 g/mol. The second-order valence-electron chi connectivity index (χ2n) is 4.33. The largest absolute Gasteiger partial charge is 0.481 e. The Kier molecular flexibility index (Phi) is 5.75. The molecule has 0 saturated heterocycles. The average Bonchev–Trinajstić information content (AvgIpc) is 2.31. The van der Waals surface area contributed by atoms with E-state index in [2.05, 4.69) is 20.8 Å². The van der Waals surface area contributed by atoms with Gasteiger partial charge in [-0.05, 0) is 60.6 Å². The molecule has 0 heterocycles. The third kappa shape index (κ3) is 4.38. The molecule has 0 bridgehead atoms. The van der Waals surface area contributed by atoms with Crippen LogP contribution in [-0.4, -0.2) is 29.6 Å². The van der Waals surface area contributed by atoms with Crippen LogP contribution >= 0.6 is 15.9 Å². The number of carboxylic acids is 1. The van der Waals surface area contributed by atoms with Crippen molar-refractivity contribution in [2.75, 3.05) is 13.6 Å². The molecule has 1 unspecified atom stereocenters. The molecule has 18 heavy (non-hydrogen) atoms. The predicted octanol–water partition coefficient (Wildman–Crippen LogP) is 3.45. The normalized spacial score (nSPS) is 12.7. The summed E-state index contributed by atoms with van der Waals surface area (Å²) in [5, 5.41) is 8.58. The zero-order valence-electron chi connectivity index (χ0n) is 10.5. The van der Waals surface area contributed by atoms with Crippen molar-refractivity contribution in [1.82, 2.24) is 4.90 Å². The van der Waals surface area contributed by atoms with Gasteiger partial charge in [-0.2, -0.15) is 0 Å². The predicted molar refractivity (Wildman–Crippen MR) is 72.0 cm³/mol. The SMILES string of the molecule is CC(c1ccc(F)c(Br)c1)N(C)CCCC(=O)O. The third-order valence-electron chi connectivity index (χ3n) is 2.99. The molecule has 1 aromatic carbocycles. The minimum atomic E-state index is -0.777. The molecule has 3 nitrogen and oxygen atoms in total. The Hall–Kier alpha value is -0.940. The number of halogens is 2. The van der Waals surface area contributed by atoms with E-state index in [1.807, 2.05) is 14.0 Å². The zero-order chi connectivity index (χ0) is 13.7. The minimum Gasteiger partial charge on any atom is -0.481 e. The molecular weight excluding hydrogens is 301 g/mol. The number of aliphatic carboxylic acids is 1. The van der Waals surface area contributed by atoms with Crippen molar-refractivity contribution >= 4 is 21.9 Å². The highest BCUT2D eigenvalue weighted by Gasteiger charge is 2.13. The van der Waals surface area contributed by atoms with Crippen LogP contribution in [-0.2, 0) is 4.79 Å². The lowest BCUT2D eigenvalue weighted by molar-refractivity contribution is -0.137. The summed E-state index contributed by atoms with van der Waals surface area (Å²) in [6, 6.07) is 5.06. The van der Waals surface area contributed by atoms with Gasteiger partial charge in [-0.25, -0.2) is 4.39 Å². The first kappa shape index (κ1) is 15.1. The highest BCUT2D eigenvalue weighted by molar-refractivity contribution is 9.10. The number of carbonyl (C=O) groups is 1. The quantitative estimate of drug-likeness (QED) is 0.873. The lowest BCUT2D eigenvalue weighted by Gasteiger charge is -2.25. The van der Waals surface area contributed by atoms with Crippen molar-refractivity contribution in [1.29, 1.82) is 0 Å². The molecule has 0 aliphatic rings. The molecule has 0 aromatic heterocycles. The molecule has 5 heteroatoms.